The Bertz CT molecular complexity index is 511. The molecule has 1 heterocycles. The van der Waals surface area contributed by atoms with Crippen molar-refractivity contribution in [1.82, 2.24) is 10.9 Å². The maximum atomic E-state index is 13.0. The lowest BCUT2D eigenvalue weighted by Gasteiger charge is -2.16. The van der Waals surface area contributed by atoms with E-state index < -0.39 is 5.82 Å². The zero-order valence-electron chi connectivity index (χ0n) is 10.2. The van der Waals surface area contributed by atoms with Crippen LogP contribution in [0.25, 0.3) is 0 Å². The third-order valence-electron chi connectivity index (χ3n) is 3.89. The van der Waals surface area contributed by atoms with E-state index >= 15 is 0 Å². The Kier molecular flexibility index (Phi) is 3.43. The third-order valence-corrected chi connectivity index (χ3v) is 4.18. The summed E-state index contributed by atoms with van der Waals surface area (Å²) in [6, 6.07) is 4.32. The summed E-state index contributed by atoms with van der Waals surface area (Å²) < 4.78 is 13.0. The molecule has 0 bridgehead atoms. The predicted octanol–water partition coefficient (Wildman–Crippen LogP) is 2.06. The van der Waals surface area contributed by atoms with E-state index in [4.69, 9.17) is 11.6 Å². The quantitative estimate of drug-likeness (QED) is 0.779. The Morgan fingerprint density at radius 1 is 1.37 bits per heavy atom. The second kappa shape index (κ2) is 5.07. The molecule has 0 spiro atoms. The minimum atomic E-state index is -0.490. The molecular weight excluding hydrogens is 269 g/mol. The largest absolute Gasteiger partial charge is 0.325 e. The zero-order valence-corrected chi connectivity index (χ0v) is 11.0. The molecule has 4 nitrogen and oxygen atoms in total. The van der Waals surface area contributed by atoms with E-state index in [1.165, 1.54) is 18.2 Å². The number of hydrogen-bond donors (Lipinski definition) is 3. The number of hydrogen-bond acceptors (Lipinski definition) is 3. The van der Waals surface area contributed by atoms with Crippen LogP contribution in [0.5, 0.6) is 0 Å². The Labute approximate surface area is 115 Å². The van der Waals surface area contributed by atoms with Crippen molar-refractivity contribution >= 4 is 23.2 Å². The molecule has 2 aliphatic rings. The van der Waals surface area contributed by atoms with Gasteiger partial charge < -0.3 is 5.32 Å². The topological polar surface area (TPSA) is 53.2 Å². The van der Waals surface area contributed by atoms with E-state index in [9.17, 15) is 9.18 Å². The molecule has 1 saturated carbocycles. The van der Waals surface area contributed by atoms with Gasteiger partial charge in [-0.25, -0.2) is 9.82 Å². The van der Waals surface area contributed by atoms with Crippen molar-refractivity contribution in [3.05, 3.63) is 29.0 Å². The van der Waals surface area contributed by atoms with Gasteiger partial charge in [-0.2, -0.15) is 0 Å². The van der Waals surface area contributed by atoms with Gasteiger partial charge in [0.25, 0.3) is 0 Å². The fourth-order valence-corrected chi connectivity index (χ4v) is 3.11. The number of carbonyl (C=O) groups excluding carboxylic acids is 1. The summed E-state index contributed by atoms with van der Waals surface area (Å²) in [5, 5.41) is 2.78. The first-order valence-electron chi connectivity index (χ1n) is 6.42. The first kappa shape index (κ1) is 12.8. The molecule has 3 rings (SSSR count). The summed E-state index contributed by atoms with van der Waals surface area (Å²) in [6.07, 6.45) is 3.30. The average Bonchev–Trinajstić information content (AvgIpc) is 2.95. The van der Waals surface area contributed by atoms with Crippen molar-refractivity contribution in [1.29, 1.82) is 0 Å². The molecule has 1 aliphatic heterocycles. The van der Waals surface area contributed by atoms with Crippen molar-refractivity contribution in [2.75, 3.05) is 5.32 Å². The van der Waals surface area contributed by atoms with Crippen molar-refractivity contribution < 1.29 is 9.18 Å². The van der Waals surface area contributed by atoms with Gasteiger partial charge in [-0.3, -0.25) is 10.2 Å². The van der Waals surface area contributed by atoms with E-state index in [2.05, 4.69) is 16.2 Å². The van der Waals surface area contributed by atoms with E-state index in [1.807, 2.05) is 0 Å². The van der Waals surface area contributed by atoms with Gasteiger partial charge in [-0.15, -0.1) is 0 Å². The molecule has 3 N–H and O–H groups in total. The Morgan fingerprint density at radius 3 is 3.00 bits per heavy atom. The first-order chi connectivity index (χ1) is 9.15. The van der Waals surface area contributed by atoms with Crippen LogP contribution in [-0.4, -0.2) is 18.0 Å². The van der Waals surface area contributed by atoms with Crippen molar-refractivity contribution in [2.24, 2.45) is 5.92 Å². The average molecular weight is 284 g/mol. The second-order valence-electron chi connectivity index (χ2n) is 5.09. The van der Waals surface area contributed by atoms with Gasteiger partial charge in [0.15, 0.2) is 0 Å². The monoisotopic (exact) mass is 283 g/mol. The molecule has 0 radical (unpaired) electrons. The molecule has 1 aliphatic carbocycles. The van der Waals surface area contributed by atoms with Crippen molar-refractivity contribution in [2.45, 2.75) is 31.3 Å². The van der Waals surface area contributed by atoms with Gasteiger partial charge in [0.2, 0.25) is 5.91 Å². The summed E-state index contributed by atoms with van der Waals surface area (Å²) in [7, 11) is 0. The van der Waals surface area contributed by atoms with Crippen molar-refractivity contribution in [3.63, 3.8) is 0 Å². The summed E-state index contributed by atoms with van der Waals surface area (Å²) in [4.78, 5) is 12.2. The molecule has 1 aromatic carbocycles. The molecule has 1 saturated heterocycles. The van der Waals surface area contributed by atoms with Gasteiger partial charge in [-0.1, -0.05) is 18.0 Å². The lowest BCUT2D eigenvalue weighted by Crippen LogP contribution is -2.42. The maximum Gasteiger partial charge on any atom is 0.243 e. The van der Waals surface area contributed by atoms with Crippen LogP contribution in [-0.2, 0) is 4.79 Å². The minimum absolute atomic E-state index is 0.00838. The molecule has 19 heavy (non-hydrogen) atoms. The Balaban J connectivity index is 1.69. The highest BCUT2D eigenvalue weighted by molar-refractivity contribution is 6.31. The number of nitrogens with one attached hydrogen (secondary N) is 3. The highest BCUT2D eigenvalue weighted by Gasteiger charge is 2.42. The van der Waals surface area contributed by atoms with Crippen LogP contribution in [0, 0.1) is 11.7 Å². The molecule has 3 unspecified atom stereocenters. The third kappa shape index (κ3) is 2.45. The fourth-order valence-electron chi connectivity index (χ4n) is 2.92. The van der Waals surface area contributed by atoms with Crippen LogP contribution in [0.3, 0.4) is 0 Å². The summed E-state index contributed by atoms with van der Waals surface area (Å²) in [6.45, 7) is 0. The van der Waals surface area contributed by atoms with Gasteiger partial charge in [0, 0.05) is 17.6 Å². The van der Waals surface area contributed by atoms with E-state index in [1.54, 1.807) is 0 Å². The maximum absolute atomic E-state index is 13.0. The van der Waals surface area contributed by atoms with E-state index in [0.29, 0.717) is 17.6 Å². The van der Waals surface area contributed by atoms with E-state index in [-0.39, 0.29) is 17.0 Å². The molecule has 102 valence electrons. The molecule has 1 aromatic rings. The van der Waals surface area contributed by atoms with Crippen LogP contribution < -0.4 is 16.2 Å². The van der Waals surface area contributed by atoms with E-state index in [0.717, 1.165) is 19.3 Å². The number of hydrazine groups is 1. The Morgan fingerprint density at radius 2 is 2.21 bits per heavy atom. The van der Waals surface area contributed by atoms with Crippen LogP contribution in [0.4, 0.5) is 10.1 Å². The van der Waals surface area contributed by atoms with Gasteiger partial charge in [0.1, 0.15) is 11.9 Å². The molecule has 3 atom stereocenters. The Hall–Kier alpha value is -1.17. The smallest absolute Gasteiger partial charge is 0.243 e. The molecule has 0 aromatic heterocycles. The zero-order chi connectivity index (χ0) is 13.4. The highest BCUT2D eigenvalue weighted by Crippen LogP contribution is 2.32. The lowest BCUT2D eigenvalue weighted by molar-refractivity contribution is -0.118. The second-order valence-corrected chi connectivity index (χ2v) is 5.49. The van der Waals surface area contributed by atoms with Crippen LogP contribution in [0.15, 0.2) is 18.2 Å². The van der Waals surface area contributed by atoms with Gasteiger partial charge >= 0.3 is 0 Å². The molecule has 1 amide bonds. The standard InChI is InChI=1S/C13H15ClFN3O/c14-9-6-7(4-5-10(9)15)16-13(19)12-8-2-1-3-11(8)17-18-12/h4-6,8,11-12,17-18H,1-3H2,(H,16,19). The number of fused-ring (bicyclic) bond motifs is 1. The SMILES string of the molecule is O=C(Nc1ccc(F)c(Cl)c1)C1NNC2CCCC21. The van der Waals surface area contributed by atoms with Crippen LogP contribution in [0.1, 0.15) is 19.3 Å². The molecular formula is C13H15ClFN3O. The van der Waals surface area contributed by atoms with Gasteiger partial charge in [0.05, 0.1) is 5.02 Å². The number of halogens is 2. The number of anilines is 1. The summed E-state index contributed by atoms with van der Waals surface area (Å²) in [5.41, 5.74) is 6.71. The lowest BCUT2D eigenvalue weighted by atomic mass is 9.96. The fraction of sp³-hybridized carbons (Fsp3) is 0.462. The van der Waals surface area contributed by atoms with Gasteiger partial charge in [-0.05, 0) is 31.0 Å². The number of rotatable bonds is 2. The first-order valence-corrected chi connectivity index (χ1v) is 6.80. The summed E-state index contributed by atoms with van der Waals surface area (Å²) in [5.74, 6) is -0.267. The number of amides is 1. The molecule has 2 fully saturated rings. The number of carbonyl (C=O) groups is 1. The highest BCUT2D eigenvalue weighted by atomic mass is 35.5. The minimum Gasteiger partial charge on any atom is -0.325 e. The number of benzene rings is 1. The normalized spacial score (nSPS) is 29.3. The molecule has 6 heteroatoms. The van der Waals surface area contributed by atoms with Crippen molar-refractivity contribution in [3.8, 4) is 0 Å². The van der Waals surface area contributed by atoms with Crippen LogP contribution in [0.2, 0.25) is 5.02 Å². The predicted molar refractivity (Wildman–Crippen MR) is 71.2 cm³/mol. The summed E-state index contributed by atoms with van der Waals surface area (Å²) >= 11 is 5.69. The van der Waals surface area contributed by atoms with Crippen LogP contribution >= 0.6 is 11.6 Å².